The van der Waals surface area contributed by atoms with Crippen LogP contribution in [0.5, 0.6) is 5.75 Å². The zero-order valence-electron chi connectivity index (χ0n) is 13.3. The fourth-order valence-electron chi connectivity index (χ4n) is 2.33. The van der Waals surface area contributed by atoms with Gasteiger partial charge in [0.25, 0.3) is 0 Å². The maximum atomic E-state index is 14.4. The van der Waals surface area contributed by atoms with Crippen LogP contribution in [0.15, 0.2) is 41.0 Å². The van der Waals surface area contributed by atoms with Crippen molar-refractivity contribution in [1.29, 1.82) is 0 Å². The molecule has 0 saturated heterocycles. The number of ether oxygens (including phenoxy) is 1. The van der Waals surface area contributed by atoms with Crippen LogP contribution in [0.3, 0.4) is 0 Å². The second kappa shape index (κ2) is 6.25. The summed E-state index contributed by atoms with van der Waals surface area (Å²) in [4.78, 5) is 4.19. The number of benzene rings is 1. The van der Waals surface area contributed by atoms with Crippen molar-refractivity contribution in [3.05, 3.63) is 46.8 Å². The van der Waals surface area contributed by atoms with Crippen LogP contribution in [-0.4, -0.2) is 20.4 Å². The zero-order chi connectivity index (χ0) is 18.4. The molecule has 132 valence electrons. The lowest BCUT2D eigenvalue weighted by Crippen LogP contribution is -2.15. The molecule has 3 aromatic rings. The van der Waals surface area contributed by atoms with E-state index < -0.39 is 11.5 Å². The SMILES string of the molecule is CC(C)(F)c1nc(Br)c2ccc(-c3ccc(OC(F)(F)P)cc3)nn12. The lowest BCUT2D eigenvalue weighted by Gasteiger charge is -2.13. The van der Waals surface area contributed by atoms with E-state index in [1.165, 1.54) is 39.7 Å². The zero-order valence-corrected chi connectivity index (χ0v) is 16.0. The second-order valence-corrected chi connectivity index (χ2v) is 7.33. The second-order valence-electron chi connectivity index (χ2n) is 5.90. The molecular weight excluding hydrogens is 418 g/mol. The highest BCUT2D eigenvalue weighted by Crippen LogP contribution is 2.31. The van der Waals surface area contributed by atoms with Crippen molar-refractivity contribution in [1.82, 2.24) is 14.6 Å². The minimum Gasteiger partial charge on any atom is -0.430 e. The molecule has 0 bridgehead atoms. The molecule has 4 nitrogen and oxygen atoms in total. The minimum absolute atomic E-state index is 0.0285. The molecule has 25 heavy (non-hydrogen) atoms. The van der Waals surface area contributed by atoms with Gasteiger partial charge in [-0.25, -0.2) is 13.9 Å². The average molecular weight is 432 g/mol. The summed E-state index contributed by atoms with van der Waals surface area (Å²) in [6.07, 6.45) is 0. The van der Waals surface area contributed by atoms with E-state index in [0.29, 0.717) is 21.4 Å². The maximum Gasteiger partial charge on any atom is 0.408 e. The Kier molecular flexibility index (Phi) is 4.54. The monoisotopic (exact) mass is 431 g/mol. The van der Waals surface area contributed by atoms with Crippen molar-refractivity contribution in [3.8, 4) is 17.0 Å². The topological polar surface area (TPSA) is 39.4 Å². The lowest BCUT2D eigenvalue weighted by atomic mass is 10.1. The molecule has 1 aromatic carbocycles. The van der Waals surface area contributed by atoms with Gasteiger partial charge in [-0.3, -0.25) is 0 Å². The molecule has 0 amide bonds. The number of alkyl halides is 3. The quantitative estimate of drug-likeness (QED) is 0.535. The highest BCUT2D eigenvalue weighted by Gasteiger charge is 2.27. The van der Waals surface area contributed by atoms with Crippen LogP contribution in [0, 0.1) is 0 Å². The molecule has 0 fully saturated rings. The number of fused-ring (bicyclic) bond motifs is 1. The van der Waals surface area contributed by atoms with Gasteiger partial charge in [-0.2, -0.15) is 13.9 Å². The molecule has 3 rings (SSSR count). The molecule has 0 radical (unpaired) electrons. The number of rotatable bonds is 4. The van der Waals surface area contributed by atoms with Gasteiger partial charge in [-0.1, -0.05) is 0 Å². The number of hydrogen-bond acceptors (Lipinski definition) is 3. The van der Waals surface area contributed by atoms with E-state index in [9.17, 15) is 13.2 Å². The Morgan fingerprint density at radius 3 is 2.28 bits per heavy atom. The number of imidazole rings is 1. The summed E-state index contributed by atoms with van der Waals surface area (Å²) < 4.78 is 46.5. The molecule has 2 heterocycles. The van der Waals surface area contributed by atoms with Crippen molar-refractivity contribution in [2.24, 2.45) is 0 Å². The van der Waals surface area contributed by atoms with Gasteiger partial charge in [-0.05, 0) is 75.4 Å². The van der Waals surface area contributed by atoms with Gasteiger partial charge in [0.05, 0.1) is 11.2 Å². The maximum absolute atomic E-state index is 14.4. The Hall–Kier alpha value is -1.66. The number of nitrogens with zero attached hydrogens (tertiary/aromatic N) is 3. The van der Waals surface area contributed by atoms with Crippen molar-refractivity contribution >= 4 is 30.7 Å². The summed E-state index contributed by atoms with van der Waals surface area (Å²) in [5.41, 5.74) is 0.177. The molecule has 0 aliphatic carbocycles. The first-order valence-electron chi connectivity index (χ1n) is 7.25. The Morgan fingerprint density at radius 2 is 1.72 bits per heavy atom. The average Bonchev–Trinajstić information content (AvgIpc) is 2.83. The third-order valence-corrected chi connectivity index (χ3v) is 4.09. The number of hydrogen-bond donors (Lipinski definition) is 0. The molecule has 0 N–H and O–H groups in total. The van der Waals surface area contributed by atoms with Crippen LogP contribution >= 0.6 is 25.2 Å². The van der Waals surface area contributed by atoms with Crippen LogP contribution in [0.25, 0.3) is 16.8 Å². The van der Waals surface area contributed by atoms with Crippen molar-refractivity contribution < 1.29 is 17.9 Å². The summed E-state index contributed by atoms with van der Waals surface area (Å²) in [7, 11) is 1.32. The highest BCUT2D eigenvalue weighted by atomic mass is 79.9. The fourth-order valence-corrected chi connectivity index (χ4v) is 2.93. The van der Waals surface area contributed by atoms with E-state index in [0.717, 1.165) is 0 Å². The van der Waals surface area contributed by atoms with Gasteiger partial charge < -0.3 is 4.74 Å². The Bertz CT molecular complexity index is 917. The van der Waals surface area contributed by atoms with E-state index >= 15 is 0 Å². The molecular formula is C16H14BrF3N3OP. The van der Waals surface area contributed by atoms with Crippen LogP contribution in [0.1, 0.15) is 19.7 Å². The van der Waals surface area contributed by atoms with Crippen LogP contribution in [0.4, 0.5) is 13.2 Å². The summed E-state index contributed by atoms with van der Waals surface area (Å²) in [5, 5.41) is 4.43. The van der Waals surface area contributed by atoms with Gasteiger partial charge in [0.1, 0.15) is 10.4 Å². The van der Waals surface area contributed by atoms with Gasteiger partial charge in [0.2, 0.25) is 0 Å². The van der Waals surface area contributed by atoms with Crippen LogP contribution in [0.2, 0.25) is 0 Å². The first-order chi connectivity index (χ1) is 11.5. The predicted octanol–water partition coefficient (Wildman–Crippen LogP) is 5.17. The van der Waals surface area contributed by atoms with E-state index in [-0.39, 0.29) is 11.6 Å². The number of halogens is 4. The third kappa shape index (κ3) is 3.96. The smallest absolute Gasteiger partial charge is 0.408 e. The van der Waals surface area contributed by atoms with Crippen LogP contribution in [-0.2, 0) is 5.67 Å². The minimum atomic E-state index is -3.33. The normalized spacial score (nSPS) is 12.6. The molecule has 1 atom stereocenters. The Morgan fingerprint density at radius 1 is 1.08 bits per heavy atom. The van der Waals surface area contributed by atoms with E-state index in [1.54, 1.807) is 24.3 Å². The molecule has 0 spiro atoms. The summed E-state index contributed by atoms with van der Waals surface area (Å²) >= 11 is 3.30. The molecule has 9 heteroatoms. The van der Waals surface area contributed by atoms with Gasteiger partial charge in [0.15, 0.2) is 11.5 Å². The van der Waals surface area contributed by atoms with Crippen molar-refractivity contribution in [3.63, 3.8) is 0 Å². The molecule has 0 saturated carbocycles. The van der Waals surface area contributed by atoms with Gasteiger partial charge in [0, 0.05) is 5.56 Å². The Balaban J connectivity index is 2.02. The fraction of sp³-hybridized carbons (Fsp3) is 0.250. The molecule has 1 unspecified atom stereocenters. The van der Waals surface area contributed by atoms with Crippen molar-refractivity contribution in [2.75, 3.05) is 0 Å². The lowest BCUT2D eigenvalue weighted by molar-refractivity contribution is -0.0892. The Labute approximate surface area is 152 Å². The van der Waals surface area contributed by atoms with Crippen molar-refractivity contribution in [2.45, 2.75) is 25.4 Å². The molecule has 2 aromatic heterocycles. The first-order valence-corrected chi connectivity index (χ1v) is 8.62. The number of aromatic nitrogens is 3. The summed E-state index contributed by atoms with van der Waals surface area (Å²) in [6.45, 7) is 2.80. The van der Waals surface area contributed by atoms with Crippen LogP contribution < -0.4 is 4.74 Å². The largest absolute Gasteiger partial charge is 0.430 e. The third-order valence-electron chi connectivity index (χ3n) is 3.39. The van der Waals surface area contributed by atoms with E-state index in [4.69, 9.17) is 0 Å². The first kappa shape index (κ1) is 18.1. The van der Waals surface area contributed by atoms with E-state index in [2.05, 4.69) is 30.7 Å². The summed E-state index contributed by atoms with van der Waals surface area (Å²) in [5.74, 6) is -3.14. The highest BCUT2D eigenvalue weighted by molar-refractivity contribution is 9.10. The standard InChI is InChI=1S/C16H14BrF3N3OP/c1-15(2,18)14-21-13(17)12-8-7-11(22-23(12)14)9-3-5-10(6-4-9)24-16(19,20)25/h3-8H,25H2,1-2H3. The van der Waals surface area contributed by atoms with Gasteiger partial charge >= 0.3 is 5.85 Å². The molecule has 0 aliphatic heterocycles. The predicted molar refractivity (Wildman–Crippen MR) is 95.5 cm³/mol. The van der Waals surface area contributed by atoms with E-state index in [1.807, 2.05) is 0 Å². The van der Waals surface area contributed by atoms with Gasteiger partial charge in [-0.15, -0.1) is 0 Å². The summed E-state index contributed by atoms with van der Waals surface area (Å²) in [6, 6.07) is 9.55. The molecule has 0 aliphatic rings.